The van der Waals surface area contributed by atoms with Crippen LogP contribution in [-0.4, -0.2) is 20.2 Å². The van der Waals surface area contributed by atoms with E-state index in [0.29, 0.717) is 11.0 Å². The van der Waals surface area contributed by atoms with Gasteiger partial charge in [-0.25, -0.2) is 9.97 Å². The highest BCUT2D eigenvalue weighted by Gasteiger charge is 2.03. The summed E-state index contributed by atoms with van der Waals surface area (Å²) in [5.74, 6) is 0.651. The zero-order valence-electron chi connectivity index (χ0n) is 5.48. The first-order valence-electron chi connectivity index (χ1n) is 2.93. The van der Waals surface area contributed by atoms with Gasteiger partial charge in [0, 0.05) is 5.38 Å². The number of rotatable bonds is 1. The van der Waals surface area contributed by atoms with Crippen molar-refractivity contribution in [2.45, 2.75) is 0 Å². The number of aromatic nitrogens is 4. The van der Waals surface area contributed by atoms with Crippen molar-refractivity contribution in [1.29, 1.82) is 0 Å². The van der Waals surface area contributed by atoms with E-state index in [-0.39, 0.29) is 0 Å². The van der Waals surface area contributed by atoms with Crippen molar-refractivity contribution in [3.63, 3.8) is 0 Å². The Hall–Kier alpha value is -1.43. The van der Waals surface area contributed by atoms with Crippen LogP contribution in [0.4, 0.5) is 5.13 Å². The molecule has 56 valence electrons. The van der Waals surface area contributed by atoms with Crippen LogP contribution < -0.4 is 5.73 Å². The smallest absolute Gasteiger partial charge is 0.180 e. The number of anilines is 1. The molecule has 2 rings (SSSR count). The van der Waals surface area contributed by atoms with Crippen molar-refractivity contribution in [3.05, 3.63) is 11.7 Å². The molecule has 6 heteroatoms. The molecule has 3 N–H and O–H groups in total. The SMILES string of the molecule is Nc1nc(-c2ncn[nH]2)cs1. The quantitative estimate of drug-likeness (QED) is 0.648. The van der Waals surface area contributed by atoms with Crippen LogP contribution in [-0.2, 0) is 0 Å². The third kappa shape index (κ3) is 1.07. The lowest BCUT2D eigenvalue weighted by atomic mass is 10.5. The molecule has 2 aromatic heterocycles. The zero-order chi connectivity index (χ0) is 7.68. The number of nitrogens with one attached hydrogen (secondary N) is 1. The molecule has 0 aliphatic rings. The lowest BCUT2D eigenvalue weighted by Crippen LogP contribution is -1.84. The molecule has 0 amide bonds. The predicted octanol–water partition coefficient (Wildman–Crippen LogP) is 0.510. The minimum atomic E-state index is 0.538. The molecule has 0 unspecified atom stereocenters. The zero-order valence-corrected chi connectivity index (χ0v) is 6.30. The van der Waals surface area contributed by atoms with Crippen molar-refractivity contribution in [1.82, 2.24) is 20.2 Å². The molecule has 0 atom stereocenters. The topological polar surface area (TPSA) is 80.5 Å². The molecule has 0 aromatic carbocycles. The molecule has 0 aliphatic carbocycles. The number of aromatic amines is 1. The number of hydrogen-bond donors (Lipinski definition) is 2. The van der Waals surface area contributed by atoms with E-state index in [4.69, 9.17) is 5.73 Å². The third-order valence-corrected chi connectivity index (χ3v) is 1.85. The van der Waals surface area contributed by atoms with Crippen molar-refractivity contribution in [2.24, 2.45) is 0 Å². The first kappa shape index (κ1) is 6.29. The number of thiazole rings is 1. The number of nitrogens with zero attached hydrogens (tertiary/aromatic N) is 3. The summed E-state index contributed by atoms with van der Waals surface area (Å²) >= 11 is 1.38. The number of nitrogens with two attached hydrogens (primary N) is 1. The fraction of sp³-hybridized carbons (Fsp3) is 0. The van der Waals surface area contributed by atoms with Gasteiger partial charge < -0.3 is 5.73 Å². The van der Waals surface area contributed by atoms with E-state index in [2.05, 4.69) is 20.2 Å². The summed E-state index contributed by atoms with van der Waals surface area (Å²) in [7, 11) is 0. The maximum atomic E-state index is 5.43. The lowest BCUT2D eigenvalue weighted by molar-refractivity contribution is 1.09. The van der Waals surface area contributed by atoms with E-state index < -0.39 is 0 Å². The van der Waals surface area contributed by atoms with Gasteiger partial charge in [0.1, 0.15) is 12.0 Å². The molecule has 2 heterocycles. The Bertz CT molecular complexity index is 337. The summed E-state index contributed by atoms with van der Waals surface area (Å²) in [6.07, 6.45) is 1.44. The Balaban J connectivity index is 2.45. The first-order valence-corrected chi connectivity index (χ1v) is 3.81. The molecular weight excluding hydrogens is 162 g/mol. The molecular formula is C5H5N5S. The molecule has 11 heavy (non-hydrogen) atoms. The standard InChI is InChI=1S/C5H5N5S/c6-5-9-3(1-11-5)4-7-2-8-10-4/h1-2H,(H2,6,9)(H,7,8,10). The third-order valence-electron chi connectivity index (χ3n) is 1.18. The van der Waals surface area contributed by atoms with Gasteiger partial charge >= 0.3 is 0 Å². The largest absolute Gasteiger partial charge is 0.375 e. The molecule has 0 bridgehead atoms. The highest BCUT2D eigenvalue weighted by Crippen LogP contribution is 2.18. The Morgan fingerprint density at radius 3 is 3.00 bits per heavy atom. The first-order chi connectivity index (χ1) is 5.36. The van der Waals surface area contributed by atoms with Gasteiger partial charge in [-0.05, 0) is 0 Å². The number of nitrogen functional groups attached to an aromatic ring is 1. The Morgan fingerprint density at radius 2 is 2.45 bits per heavy atom. The van der Waals surface area contributed by atoms with Gasteiger partial charge in [0.15, 0.2) is 11.0 Å². The van der Waals surface area contributed by atoms with E-state index in [0.717, 1.165) is 5.69 Å². The van der Waals surface area contributed by atoms with Gasteiger partial charge in [0.2, 0.25) is 0 Å². The van der Waals surface area contributed by atoms with Gasteiger partial charge in [-0.3, -0.25) is 5.10 Å². The summed E-state index contributed by atoms with van der Waals surface area (Å²) in [5.41, 5.74) is 6.17. The fourth-order valence-corrected chi connectivity index (χ4v) is 1.27. The average Bonchev–Trinajstić information content (AvgIpc) is 2.55. The highest BCUT2D eigenvalue weighted by molar-refractivity contribution is 7.13. The van der Waals surface area contributed by atoms with Crippen molar-refractivity contribution < 1.29 is 0 Å². The molecule has 0 fully saturated rings. The second kappa shape index (κ2) is 2.31. The summed E-state index contributed by atoms with van der Waals surface area (Å²) in [5, 5.41) is 8.76. The Labute approximate surface area is 66.3 Å². The Morgan fingerprint density at radius 1 is 1.55 bits per heavy atom. The maximum Gasteiger partial charge on any atom is 0.180 e. The molecule has 0 spiro atoms. The minimum absolute atomic E-state index is 0.538. The fourth-order valence-electron chi connectivity index (χ4n) is 0.725. The molecule has 0 saturated heterocycles. The normalized spacial score (nSPS) is 10.2. The van der Waals surface area contributed by atoms with Crippen LogP contribution in [0.25, 0.3) is 11.5 Å². The van der Waals surface area contributed by atoms with Gasteiger partial charge in [0.05, 0.1) is 0 Å². The van der Waals surface area contributed by atoms with Crippen LogP contribution in [0.3, 0.4) is 0 Å². The van der Waals surface area contributed by atoms with Crippen LogP contribution in [0.5, 0.6) is 0 Å². The van der Waals surface area contributed by atoms with Crippen LogP contribution in [0, 0.1) is 0 Å². The monoisotopic (exact) mass is 167 g/mol. The highest BCUT2D eigenvalue weighted by atomic mass is 32.1. The number of hydrogen-bond acceptors (Lipinski definition) is 5. The van der Waals surface area contributed by atoms with Crippen molar-refractivity contribution in [2.75, 3.05) is 5.73 Å². The van der Waals surface area contributed by atoms with E-state index in [9.17, 15) is 0 Å². The summed E-state index contributed by atoms with van der Waals surface area (Å²) in [4.78, 5) is 7.94. The van der Waals surface area contributed by atoms with Crippen molar-refractivity contribution >= 4 is 16.5 Å². The van der Waals surface area contributed by atoms with Gasteiger partial charge in [0.25, 0.3) is 0 Å². The second-order valence-corrected chi connectivity index (χ2v) is 2.79. The van der Waals surface area contributed by atoms with E-state index in [1.807, 2.05) is 5.38 Å². The van der Waals surface area contributed by atoms with Crippen LogP contribution in [0.2, 0.25) is 0 Å². The summed E-state index contributed by atoms with van der Waals surface area (Å²) < 4.78 is 0. The molecule has 0 saturated carbocycles. The van der Waals surface area contributed by atoms with Crippen molar-refractivity contribution in [3.8, 4) is 11.5 Å². The minimum Gasteiger partial charge on any atom is -0.375 e. The molecule has 2 aromatic rings. The van der Waals surface area contributed by atoms with E-state index >= 15 is 0 Å². The Kier molecular flexibility index (Phi) is 1.32. The molecule has 0 radical (unpaired) electrons. The van der Waals surface area contributed by atoms with Crippen LogP contribution >= 0.6 is 11.3 Å². The molecule has 5 nitrogen and oxygen atoms in total. The van der Waals surface area contributed by atoms with Gasteiger partial charge in [-0.1, -0.05) is 0 Å². The van der Waals surface area contributed by atoms with Crippen LogP contribution in [0.15, 0.2) is 11.7 Å². The number of H-pyrrole nitrogens is 1. The van der Waals surface area contributed by atoms with Gasteiger partial charge in [-0.2, -0.15) is 5.10 Å². The van der Waals surface area contributed by atoms with E-state index in [1.165, 1.54) is 17.7 Å². The summed E-state index contributed by atoms with van der Waals surface area (Å²) in [6, 6.07) is 0. The average molecular weight is 167 g/mol. The maximum absolute atomic E-state index is 5.43. The van der Waals surface area contributed by atoms with Crippen LogP contribution in [0.1, 0.15) is 0 Å². The van der Waals surface area contributed by atoms with Gasteiger partial charge in [-0.15, -0.1) is 11.3 Å². The van der Waals surface area contributed by atoms with E-state index in [1.54, 1.807) is 0 Å². The summed E-state index contributed by atoms with van der Waals surface area (Å²) in [6.45, 7) is 0. The second-order valence-electron chi connectivity index (χ2n) is 1.91. The molecule has 0 aliphatic heterocycles. The predicted molar refractivity (Wildman–Crippen MR) is 41.9 cm³/mol. The lowest BCUT2D eigenvalue weighted by Gasteiger charge is -1.83.